The average Bonchev–Trinajstić information content (AvgIpc) is 2.90. The van der Waals surface area contributed by atoms with Crippen LogP contribution in [0.25, 0.3) is 0 Å². The number of methoxy groups -OCH3 is 1. The van der Waals surface area contributed by atoms with E-state index in [0.29, 0.717) is 5.56 Å². The number of rotatable bonds is 8. The van der Waals surface area contributed by atoms with Crippen molar-refractivity contribution in [2.75, 3.05) is 25.6 Å². The van der Waals surface area contributed by atoms with E-state index in [1.54, 1.807) is 30.1 Å². The predicted molar refractivity (Wildman–Crippen MR) is 132 cm³/mol. The molecule has 3 aromatic rings. The van der Waals surface area contributed by atoms with E-state index < -0.39 is 12.5 Å². The molecule has 0 spiro atoms. The maximum Gasteiger partial charge on any atom is 0.387 e. The van der Waals surface area contributed by atoms with Crippen molar-refractivity contribution < 1.29 is 27.8 Å². The molecule has 9 heteroatoms. The molecule has 0 saturated carbocycles. The maximum absolute atomic E-state index is 13.1. The van der Waals surface area contributed by atoms with Gasteiger partial charge in [0.1, 0.15) is 0 Å². The van der Waals surface area contributed by atoms with Gasteiger partial charge in [-0.3, -0.25) is 9.59 Å². The summed E-state index contributed by atoms with van der Waals surface area (Å²) < 4.78 is 34.5. The molecule has 2 amide bonds. The standard InChI is InChI=1S/C27H27F2N3O4/c1-32(22-8-6-18-10-11-30-16-21(18)13-22)26(34)20-5-3-4-17(12-20)15-31-25(33)19-7-9-23(36-27(28)29)24(14-19)35-2/h3-9,12-14,27,30H,10-11,15-16H2,1-2H3,(H,31,33). The number of hydrogen-bond donors (Lipinski definition) is 2. The Kier molecular flexibility index (Phi) is 7.80. The van der Waals surface area contributed by atoms with Crippen LogP contribution < -0.4 is 25.0 Å². The number of alkyl halides is 2. The second kappa shape index (κ2) is 11.2. The largest absolute Gasteiger partial charge is 0.493 e. The van der Waals surface area contributed by atoms with Gasteiger partial charge >= 0.3 is 6.61 Å². The van der Waals surface area contributed by atoms with E-state index in [9.17, 15) is 18.4 Å². The molecular formula is C27H27F2N3O4. The fourth-order valence-electron chi connectivity index (χ4n) is 4.09. The number of nitrogens with zero attached hydrogens (tertiary/aromatic N) is 1. The quantitative estimate of drug-likeness (QED) is 0.491. The maximum atomic E-state index is 13.1. The molecule has 2 N–H and O–H groups in total. The first-order valence-corrected chi connectivity index (χ1v) is 11.5. The number of nitrogens with one attached hydrogen (secondary N) is 2. The van der Waals surface area contributed by atoms with Gasteiger partial charge in [0.25, 0.3) is 11.8 Å². The fourth-order valence-corrected chi connectivity index (χ4v) is 4.09. The van der Waals surface area contributed by atoms with E-state index in [1.165, 1.54) is 36.4 Å². The van der Waals surface area contributed by atoms with E-state index >= 15 is 0 Å². The number of benzene rings is 3. The average molecular weight is 496 g/mol. The number of carbonyl (C=O) groups excluding carboxylic acids is 2. The van der Waals surface area contributed by atoms with Crippen LogP contribution in [0.2, 0.25) is 0 Å². The topological polar surface area (TPSA) is 79.9 Å². The van der Waals surface area contributed by atoms with Gasteiger partial charge in [-0.15, -0.1) is 0 Å². The summed E-state index contributed by atoms with van der Waals surface area (Å²) >= 11 is 0. The first kappa shape index (κ1) is 25.1. The van der Waals surface area contributed by atoms with Gasteiger partial charge < -0.3 is 25.0 Å². The minimum atomic E-state index is -3.00. The molecule has 0 fully saturated rings. The predicted octanol–water partition coefficient (Wildman–Crippen LogP) is 4.15. The second-order valence-corrected chi connectivity index (χ2v) is 8.37. The molecule has 0 aromatic heterocycles. The van der Waals surface area contributed by atoms with Crippen LogP contribution in [0.3, 0.4) is 0 Å². The van der Waals surface area contributed by atoms with Crippen LogP contribution in [0.5, 0.6) is 11.5 Å². The lowest BCUT2D eigenvalue weighted by molar-refractivity contribution is -0.0512. The molecule has 0 unspecified atom stereocenters. The summed E-state index contributed by atoms with van der Waals surface area (Å²) in [6, 6.07) is 17.1. The van der Waals surface area contributed by atoms with Crippen molar-refractivity contribution in [1.82, 2.24) is 10.6 Å². The third-order valence-corrected chi connectivity index (χ3v) is 6.04. The monoisotopic (exact) mass is 495 g/mol. The Morgan fingerprint density at radius 1 is 1.03 bits per heavy atom. The van der Waals surface area contributed by atoms with Crippen LogP contribution in [0.1, 0.15) is 37.4 Å². The van der Waals surface area contributed by atoms with Gasteiger partial charge in [-0.25, -0.2) is 0 Å². The molecule has 0 aliphatic carbocycles. The Morgan fingerprint density at radius 2 is 1.86 bits per heavy atom. The molecule has 4 rings (SSSR count). The lowest BCUT2D eigenvalue weighted by Crippen LogP contribution is -2.28. The zero-order valence-electron chi connectivity index (χ0n) is 20.0. The first-order chi connectivity index (χ1) is 17.4. The van der Waals surface area contributed by atoms with E-state index in [0.717, 1.165) is 30.8 Å². The van der Waals surface area contributed by atoms with Crippen LogP contribution in [0.4, 0.5) is 14.5 Å². The second-order valence-electron chi connectivity index (χ2n) is 8.37. The molecular weight excluding hydrogens is 468 g/mol. The zero-order chi connectivity index (χ0) is 25.7. The fraction of sp³-hybridized carbons (Fsp3) is 0.259. The molecule has 188 valence electrons. The van der Waals surface area contributed by atoms with Crippen LogP contribution in [-0.4, -0.2) is 39.1 Å². The highest BCUT2D eigenvalue weighted by Crippen LogP contribution is 2.29. The lowest BCUT2D eigenvalue weighted by Gasteiger charge is -2.22. The van der Waals surface area contributed by atoms with Crippen LogP contribution in [-0.2, 0) is 19.5 Å². The van der Waals surface area contributed by atoms with E-state index in [4.69, 9.17) is 4.74 Å². The third-order valence-electron chi connectivity index (χ3n) is 6.04. The smallest absolute Gasteiger partial charge is 0.387 e. The summed E-state index contributed by atoms with van der Waals surface area (Å²) in [6.07, 6.45) is 0.974. The number of hydrogen-bond acceptors (Lipinski definition) is 5. The molecule has 7 nitrogen and oxygen atoms in total. The minimum Gasteiger partial charge on any atom is -0.493 e. The van der Waals surface area contributed by atoms with E-state index in [1.807, 2.05) is 18.2 Å². The minimum absolute atomic E-state index is 0.0246. The van der Waals surface area contributed by atoms with Gasteiger partial charge in [0.15, 0.2) is 11.5 Å². The number of amides is 2. The molecule has 0 saturated heterocycles. The van der Waals surface area contributed by atoms with Gasteiger partial charge in [0, 0.05) is 37.0 Å². The van der Waals surface area contributed by atoms with Gasteiger partial charge in [0.05, 0.1) is 7.11 Å². The van der Waals surface area contributed by atoms with Crippen molar-refractivity contribution in [3.8, 4) is 11.5 Å². The van der Waals surface area contributed by atoms with Gasteiger partial charge in [-0.1, -0.05) is 18.2 Å². The van der Waals surface area contributed by atoms with Gasteiger partial charge in [-0.2, -0.15) is 8.78 Å². The number of anilines is 1. The molecule has 0 radical (unpaired) electrons. The van der Waals surface area contributed by atoms with E-state index in [-0.39, 0.29) is 29.5 Å². The first-order valence-electron chi connectivity index (χ1n) is 11.5. The van der Waals surface area contributed by atoms with Crippen molar-refractivity contribution in [2.24, 2.45) is 0 Å². The number of halogens is 2. The van der Waals surface area contributed by atoms with Crippen molar-refractivity contribution in [3.05, 3.63) is 88.5 Å². The summed E-state index contributed by atoms with van der Waals surface area (Å²) in [5.41, 5.74) is 4.76. The number of ether oxygens (including phenoxy) is 2. The highest BCUT2D eigenvalue weighted by Gasteiger charge is 2.18. The molecule has 1 aliphatic rings. The Hall–Kier alpha value is -3.98. The number of fused-ring (bicyclic) bond motifs is 1. The van der Waals surface area contributed by atoms with Crippen molar-refractivity contribution >= 4 is 17.5 Å². The summed E-state index contributed by atoms with van der Waals surface area (Å²) in [4.78, 5) is 27.4. The van der Waals surface area contributed by atoms with Crippen LogP contribution in [0.15, 0.2) is 60.7 Å². The summed E-state index contributed by atoms with van der Waals surface area (Å²) in [5, 5.41) is 6.12. The number of carbonyl (C=O) groups is 2. The molecule has 0 atom stereocenters. The Morgan fingerprint density at radius 3 is 2.64 bits per heavy atom. The van der Waals surface area contributed by atoms with Gasteiger partial charge in [-0.05, 0) is 72.1 Å². The van der Waals surface area contributed by atoms with Crippen LogP contribution >= 0.6 is 0 Å². The normalized spacial score (nSPS) is 12.6. The Labute approximate surface area is 208 Å². The molecule has 36 heavy (non-hydrogen) atoms. The molecule has 1 aliphatic heterocycles. The summed E-state index contributed by atoms with van der Waals surface area (Å²) in [6.45, 7) is -1.09. The summed E-state index contributed by atoms with van der Waals surface area (Å²) in [5.74, 6) is -0.717. The lowest BCUT2D eigenvalue weighted by atomic mass is 10.00. The van der Waals surface area contributed by atoms with Crippen molar-refractivity contribution in [1.29, 1.82) is 0 Å². The summed E-state index contributed by atoms with van der Waals surface area (Å²) in [7, 11) is 3.04. The van der Waals surface area contributed by atoms with Crippen molar-refractivity contribution in [3.63, 3.8) is 0 Å². The molecule has 3 aromatic carbocycles. The van der Waals surface area contributed by atoms with E-state index in [2.05, 4.69) is 21.4 Å². The van der Waals surface area contributed by atoms with Crippen LogP contribution in [0, 0.1) is 0 Å². The zero-order valence-corrected chi connectivity index (χ0v) is 20.0. The third kappa shape index (κ3) is 5.80. The van der Waals surface area contributed by atoms with Crippen molar-refractivity contribution in [2.45, 2.75) is 26.1 Å². The SMILES string of the molecule is COc1cc(C(=O)NCc2cccc(C(=O)N(C)c3ccc4c(c3)CNCC4)c2)ccc1OC(F)F. The van der Waals surface area contributed by atoms with Gasteiger partial charge in [0.2, 0.25) is 0 Å². The molecule has 1 heterocycles. The highest BCUT2D eigenvalue weighted by atomic mass is 19.3. The molecule has 0 bridgehead atoms. The Balaban J connectivity index is 1.42. The Bertz CT molecular complexity index is 1270. The highest BCUT2D eigenvalue weighted by molar-refractivity contribution is 6.06.